The molecule has 3 nitrogen and oxygen atoms in total. The molecular formula is C31H28ClF4NO2. The average molecular weight is 558 g/mol. The van der Waals surface area contributed by atoms with Gasteiger partial charge in [0, 0.05) is 19.6 Å². The molecule has 2 aliphatic rings. The molecule has 0 amide bonds. The van der Waals surface area contributed by atoms with E-state index in [-0.39, 0.29) is 29.2 Å². The van der Waals surface area contributed by atoms with E-state index >= 15 is 4.39 Å². The van der Waals surface area contributed by atoms with Gasteiger partial charge in [-0.2, -0.15) is 0 Å². The second-order valence-electron chi connectivity index (χ2n) is 10.3. The van der Waals surface area contributed by atoms with Crippen LogP contribution in [-0.4, -0.2) is 42.3 Å². The van der Waals surface area contributed by atoms with E-state index in [2.05, 4.69) is 4.90 Å². The molecule has 1 N–H and O–H groups in total. The standard InChI is InChI=1S/C31H28ClF4NO2/c32-26-14-21(34)9-10-22(26)23-3-1-4-24-25(15-27(35)29(30(24)36)31(38)39)28(23)20-7-5-18(6-8-20)13-19-16-37(17-19)12-2-11-33/h5-10,14-15,19H,1-4,11-13,16-17H2,(H,38,39). The summed E-state index contributed by atoms with van der Waals surface area (Å²) in [5.74, 6) is -3.89. The Morgan fingerprint density at radius 3 is 2.41 bits per heavy atom. The molecule has 5 rings (SSSR count). The van der Waals surface area contributed by atoms with Gasteiger partial charge in [0.05, 0.1) is 11.7 Å². The van der Waals surface area contributed by atoms with Crippen molar-refractivity contribution in [2.24, 2.45) is 5.92 Å². The lowest BCUT2D eigenvalue weighted by molar-refractivity contribution is 0.0686. The van der Waals surface area contributed by atoms with Crippen molar-refractivity contribution in [3.05, 3.63) is 104 Å². The van der Waals surface area contributed by atoms with E-state index in [9.17, 15) is 23.1 Å². The highest BCUT2D eigenvalue weighted by atomic mass is 35.5. The van der Waals surface area contributed by atoms with E-state index in [1.807, 2.05) is 24.3 Å². The number of carboxylic acids is 1. The van der Waals surface area contributed by atoms with E-state index < -0.39 is 29.0 Å². The van der Waals surface area contributed by atoms with Crippen LogP contribution >= 0.6 is 11.6 Å². The Balaban J connectivity index is 1.57. The number of carbonyl (C=O) groups is 1. The van der Waals surface area contributed by atoms with Crippen molar-refractivity contribution in [1.29, 1.82) is 0 Å². The van der Waals surface area contributed by atoms with Gasteiger partial charge in [-0.1, -0.05) is 41.9 Å². The largest absolute Gasteiger partial charge is 0.477 e. The molecule has 0 radical (unpaired) electrons. The van der Waals surface area contributed by atoms with Gasteiger partial charge >= 0.3 is 5.97 Å². The summed E-state index contributed by atoms with van der Waals surface area (Å²) in [6.07, 6.45) is 2.56. The first-order valence-corrected chi connectivity index (χ1v) is 13.4. The fraction of sp³-hybridized carbons (Fsp3) is 0.323. The molecule has 0 saturated carbocycles. The lowest BCUT2D eigenvalue weighted by atomic mass is 9.85. The predicted molar refractivity (Wildman–Crippen MR) is 144 cm³/mol. The van der Waals surface area contributed by atoms with E-state index in [0.717, 1.165) is 43.3 Å². The minimum absolute atomic E-state index is 0.143. The van der Waals surface area contributed by atoms with Crippen molar-refractivity contribution in [1.82, 2.24) is 4.90 Å². The zero-order valence-corrected chi connectivity index (χ0v) is 22.0. The number of allylic oxidation sites excluding steroid dienone is 1. The number of carboxylic acid groups (broad SMARTS) is 1. The molecule has 39 heavy (non-hydrogen) atoms. The maximum Gasteiger partial charge on any atom is 0.341 e. The van der Waals surface area contributed by atoms with Gasteiger partial charge in [0.15, 0.2) is 0 Å². The number of aromatic carboxylic acids is 1. The van der Waals surface area contributed by atoms with E-state index in [1.165, 1.54) is 12.1 Å². The number of hydrogen-bond acceptors (Lipinski definition) is 2. The van der Waals surface area contributed by atoms with Gasteiger partial charge in [-0.15, -0.1) is 0 Å². The zero-order chi connectivity index (χ0) is 27.7. The summed E-state index contributed by atoms with van der Waals surface area (Å²) in [5, 5.41) is 9.60. The summed E-state index contributed by atoms with van der Waals surface area (Å²) >= 11 is 6.45. The highest BCUT2D eigenvalue weighted by molar-refractivity contribution is 6.32. The SMILES string of the molecule is O=C(O)c1c(F)cc2c(c1F)CCCC(c1ccc(F)cc1Cl)=C2c1ccc(CC2CN(CCCF)C2)cc1. The first kappa shape index (κ1) is 27.4. The maximum atomic E-state index is 15.4. The Kier molecular flexibility index (Phi) is 8.10. The van der Waals surface area contributed by atoms with E-state index in [0.29, 0.717) is 41.9 Å². The third-order valence-corrected chi connectivity index (χ3v) is 7.93. The van der Waals surface area contributed by atoms with Crippen LogP contribution in [0.25, 0.3) is 11.1 Å². The molecule has 1 fully saturated rings. The molecule has 0 bridgehead atoms. The number of nitrogens with zero attached hydrogens (tertiary/aromatic N) is 1. The van der Waals surface area contributed by atoms with Crippen molar-refractivity contribution in [3.63, 3.8) is 0 Å². The summed E-state index contributed by atoms with van der Waals surface area (Å²) < 4.78 is 56.7. The molecule has 0 spiro atoms. The highest BCUT2D eigenvalue weighted by Gasteiger charge is 2.30. The summed E-state index contributed by atoms with van der Waals surface area (Å²) in [7, 11) is 0. The smallest absolute Gasteiger partial charge is 0.341 e. The summed E-state index contributed by atoms with van der Waals surface area (Å²) in [5.41, 5.74) is 3.11. The molecule has 1 saturated heterocycles. The van der Waals surface area contributed by atoms with Crippen molar-refractivity contribution in [2.75, 3.05) is 26.3 Å². The number of halogens is 5. The fourth-order valence-corrected chi connectivity index (χ4v) is 6.08. The van der Waals surface area contributed by atoms with Gasteiger partial charge in [0.1, 0.15) is 23.0 Å². The Bertz CT molecular complexity index is 1430. The molecule has 1 heterocycles. The third-order valence-electron chi connectivity index (χ3n) is 7.62. The molecule has 1 aliphatic heterocycles. The first-order chi connectivity index (χ1) is 18.8. The van der Waals surface area contributed by atoms with Crippen molar-refractivity contribution >= 4 is 28.7 Å². The Morgan fingerprint density at radius 1 is 1.00 bits per heavy atom. The van der Waals surface area contributed by atoms with E-state index in [1.54, 1.807) is 6.07 Å². The molecule has 0 aromatic heterocycles. The maximum absolute atomic E-state index is 15.4. The van der Waals surface area contributed by atoms with E-state index in [4.69, 9.17) is 11.6 Å². The Labute approximate surface area is 229 Å². The van der Waals surface area contributed by atoms with Gasteiger partial charge < -0.3 is 10.0 Å². The van der Waals surface area contributed by atoms with Gasteiger partial charge in [-0.3, -0.25) is 4.39 Å². The van der Waals surface area contributed by atoms with Crippen molar-refractivity contribution in [3.8, 4) is 0 Å². The van der Waals surface area contributed by atoms with Crippen molar-refractivity contribution < 1.29 is 27.5 Å². The fourth-order valence-electron chi connectivity index (χ4n) is 5.80. The van der Waals surface area contributed by atoms with Gasteiger partial charge in [0.2, 0.25) is 0 Å². The van der Waals surface area contributed by atoms with Crippen LogP contribution < -0.4 is 0 Å². The van der Waals surface area contributed by atoms with Crippen LogP contribution in [0, 0.1) is 23.4 Å². The van der Waals surface area contributed by atoms with Crippen LogP contribution in [0.2, 0.25) is 5.02 Å². The van der Waals surface area contributed by atoms with Crippen LogP contribution in [0.4, 0.5) is 17.6 Å². The number of fused-ring (bicyclic) bond motifs is 1. The van der Waals surface area contributed by atoms with Crippen molar-refractivity contribution in [2.45, 2.75) is 32.1 Å². The molecule has 8 heteroatoms. The Morgan fingerprint density at radius 2 is 1.74 bits per heavy atom. The minimum atomic E-state index is -1.66. The molecule has 3 aromatic carbocycles. The molecule has 3 aromatic rings. The number of hydrogen-bond donors (Lipinski definition) is 1. The second-order valence-corrected chi connectivity index (χ2v) is 10.7. The second kappa shape index (κ2) is 11.5. The molecular weight excluding hydrogens is 530 g/mol. The lowest BCUT2D eigenvalue weighted by Crippen LogP contribution is -2.47. The summed E-state index contributed by atoms with van der Waals surface area (Å²) in [6, 6.07) is 12.9. The van der Waals surface area contributed by atoms with Crippen LogP contribution in [0.15, 0.2) is 48.5 Å². The molecule has 204 valence electrons. The average Bonchev–Trinajstić information content (AvgIpc) is 3.05. The Hall–Kier alpha value is -3.16. The van der Waals surface area contributed by atoms with Crippen LogP contribution in [0.3, 0.4) is 0 Å². The van der Waals surface area contributed by atoms with Gasteiger partial charge in [-0.05, 0) is 95.2 Å². The van der Waals surface area contributed by atoms with Crippen LogP contribution in [-0.2, 0) is 12.8 Å². The third kappa shape index (κ3) is 5.61. The normalized spacial score (nSPS) is 16.1. The summed E-state index contributed by atoms with van der Waals surface area (Å²) in [6.45, 7) is 2.32. The molecule has 1 aliphatic carbocycles. The number of rotatable bonds is 8. The molecule has 0 unspecified atom stereocenters. The number of likely N-dealkylation sites (tertiary alicyclic amines) is 1. The number of alkyl halides is 1. The zero-order valence-electron chi connectivity index (χ0n) is 21.3. The minimum Gasteiger partial charge on any atom is -0.477 e. The highest BCUT2D eigenvalue weighted by Crippen LogP contribution is 2.43. The lowest BCUT2D eigenvalue weighted by Gasteiger charge is -2.39. The first-order valence-electron chi connectivity index (χ1n) is 13.1. The quantitative estimate of drug-likeness (QED) is 0.290. The topological polar surface area (TPSA) is 40.5 Å². The monoisotopic (exact) mass is 557 g/mol. The summed E-state index contributed by atoms with van der Waals surface area (Å²) in [4.78, 5) is 13.8. The van der Waals surface area contributed by atoms with Gasteiger partial charge in [-0.25, -0.2) is 18.0 Å². The van der Waals surface area contributed by atoms with Crippen LogP contribution in [0.1, 0.15) is 57.4 Å². The van der Waals surface area contributed by atoms with Crippen LogP contribution in [0.5, 0.6) is 0 Å². The molecule has 0 atom stereocenters. The van der Waals surface area contributed by atoms with Gasteiger partial charge in [0.25, 0.3) is 0 Å². The predicted octanol–water partition coefficient (Wildman–Crippen LogP) is 7.58. The number of benzene rings is 3.